The van der Waals surface area contributed by atoms with Crippen molar-refractivity contribution in [3.8, 4) is 22.6 Å². The van der Waals surface area contributed by atoms with Crippen LogP contribution in [0.15, 0.2) is 73.1 Å². The number of para-hydroxylation sites is 2. The zero-order valence-corrected chi connectivity index (χ0v) is 18.7. The Morgan fingerprint density at radius 1 is 1.06 bits per heavy atom. The molecule has 2 heterocycles. The molecule has 7 nitrogen and oxygen atoms in total. The van der Waals surface area contributed by atoms with Gasteiger partial charge in [-0.25, -0.2) is 0 Å². The minimum absolute atomic E-state index is 0.155. The highest BCUT2D eigenvalue weighted by atomic mass is 16.5. The highest BCUT2D eigenvalue weighted by molar-refractivity contribution is 5.90. The van der Waals surface area contributed by atoms with E-state index in [2.05, 4.69) is 10.3 Å². The molecule has 2 amide bonds. The lowest BCUT2D eigenvalue weighted by Crippen LogP contribution is -2.60. The number of pyridine rings is 1. The molecular weight excluding hydrogens is 418 g/mol. The maximum atomic E-state index is 13.3. The van der Waals surface area contributed by atoms with Gasteiger partial charge in [0.05, 0.1) is 7.11 Å². The van der Waals surface area contributed by atoms with Crippen molar-refractivity contribution in [1.82, 2.24) is 15.2 Å². The fourth-order valence-electron chi connectivity index (χ4n) is 3.97. The lowest BCUT2D eigenvalue weighted by atomic mass is 9.99. The third kappa shape index (κ3) is 5.14. The molecule has 0 aliphatic carbocycles. The number of hydrogen-bond donors (Lipinski definition) is 1. The molecule has 1 aromatic heterocycles. The molecular formula is C26H27N3O4. The van der Waals surface area contributed by atoms with Crippen LogP contribution in [-0.2, 0) is 16.0 Å². The summed E-state index contributed by atoms with van der Waals surface area (Å²) in [6, 6.07) is 18.5. The molecule has 0 saturated carbocycles. The molecule has 3 aromatic rings. The molecule has 4 rings (SSSR count). The van der Waals surface area contributed by atoms with Crippen LogP contribution in [-0.4, -0.2) is 54.0 Å². The first-order chi connectivity index (χ1) is 16.1. The van der Waals surface area contributed by atoms with Gasteiger partial charge < -0.3 is 19.7 Å². The Hall–Kier alpha value is -3.87. The zero-order valence-electron chi connectivity index (χ0n) is 18.7. The van der Waals surface area contributed by atoms with Crippen molar-refractivity contribution in [2.45, 2.75) is 25.5 Å². The van der Waals surface area contributed by atoms with E-state index >= 15 is 0 Å². The number of benzene rings is 2. The van der Waals surface area contributed by atoms with Crippen molar-refractivity contribution in [3.63, 3.8) is 0 Å². The Kier molecular flexibility index (Phi) is 6.88. The van der Waals surface area contributed by atoms with Gasteiger partial charge in [0.1, 0.15) is 6.04 Å². The summed E-state index contributed by atoms with van der Waals surface area (Å²) in [6.45, 7) is 2.55. The highest BCUT2D eigenvalue weighted by Crippen LogP contribution is 2.27. The molecule has 0 unspecified atom stereocenters. The van der Waals surface area contributed by atoms with Crippen molar-refractivity contribution >= 4 is 11.8 Å². The van der Waals surface area contributed by atoms with Gasteiger partial charge in [0, 0.05) is 31.9 Å². The molecule has 33 heavy (non-hydrogen) atoms. The zero-order chi connectivity index (χ0) is 23.2. The van der Waals surface area contributed by atoms with Gasteiger partial charge in [0.15, 0.2) is 17.6 Å². The fraction of sp³-hybridized carbons (Fsp3) is 0.269. The second-order valence-corrected chi connectivity index (χ2v) is 7.89. The summed E-state index contributed by atoms with van der Waals surface area (Å²) in [6.07, 6.45) is 3.18. The largest absolute Gasteiger partial charge is 0.493 e. The van der Waals surface area contributed by atoms with E-state index in [1.807, 2.05) is 48.5 Å². The third-order valence-electron chi connectivity index (χ3n) is 5.73. The molecule has 2 atom stereocenters. The Bertz CT molecular complexity index is 1100. The van der Waals surface area contributed by atoms with E-state index in [0.29, 0.717) is 31.0 Å². The number of piperazine rings is 1. The highest BCUT2D eigenvalue weighted by Gasteiger charge is 2.36. The smallest absolute Gasteiger partial charge is 0.264 e. The maximum Gasteiger partial charge on any atom is 0.264 e. The molecule has 0 bridgehead atoms. The molecule has 1 fully saturated rings. The van der Waals surface area contributed by atoms with Crippen molar-refractivity contribution < 1.29 is 19.1 Å². The normalized spacial score (nSPS) is 16.6. The first-order valence-corrected chi connectivity index (χ1v) is 10.9. The molecule has 1 aliphatic rings. The number of methoxy groups -OCH3 is 1. The van der Waals surface area contributed by atoms with Crippen LogP contribution in [0.5, 0.6) is 11.5 Å². The summed E-state index contributed by atoms with van der Waals surface area (Å²) in [4.78, 5) is 31.6. The molecule has 1 aliphatic heterocycles. The lowest BCUT2D eigenvalue weighted by molar-refractivity contribution is -0.147. The van der Waals surface area contributed by atoms with E-state index in [1.165, 1.54) is 0 Å². The first kappa shape index (κ1) is 22.3. The summed E-state index contributed by atoms with van der Waals surface area (Å²) < 4.78 is 11.2. The molecule has 170 valence electrons. The summed E-state index contributed by atoms with van der Waals surface area (Å²) in [5, 5.41) is 2.88. The Morgan fingerprint density at radius 2 is 1.73 bits per heavy atom. The Morgan fingerprint density at radius 3 is 2.42 bits per heavy atom. The second-order valence-electron chi connectivity index (χ2n) is 7.89. The van der Waals surface area contributed by atoms with Crippen LogP contribution in [0.3, 0.4) is 0 Å². The number of aromatic nitrogens is 1. The van der Waals surface area contributed by atoms with Gasteiger partial charge in [0.2, 0.25) is 5.91 Å². The van der Waals surface area contributed by atoms with E-state index in [-0.39, 0.29) is 11.8 Å². The maximum absolute atomic E-state index is 13.3. The summed E-state index contributed by atoms with van der Waals surface area (Å²) in [5.41, 5.74) is 3.12. The molecule has 1 saturated heterocycles. The second kappa shape index (κ2) is 10.2. The van der Waals surface area contributed by atoms with E-state index in [0.717, 1.165) is 16.7 Å². The van der Waals surface area contributed by atoms with Crippen LogP contribution in [0.1, 0.15) is 12.5 Å². The minimum Gasteiger partial charge on any atom is -0.493 e. The molecule has 0 spiro atoms. The van der Waals surface area contributed by atoms with E-state index in [4.69, 9.17) is 9.47 Å². The number of carbonyl (C=O) groups excluding carboxylic acids is 2. The standard InChI is InChI=1S/C26H27N3O4/c1-18(33-24-6-4-3-5-23(24)32-2)26(31)29-16-15-28-25(30)22(29)17-19-7-9-20(10-8-19)21-11-13-27-14-12-21/h3-14,18,22H,15-17H2,1-2H3,(H,28,30)/t18-,22+/m1/s1. The molecule has 7 heteroatoms. The number of rotatable bonds is 7. The summed E-state index contributed by atoms with van der Waals surface area (Å²) >= 11 is 0. The van der Waals surface area contributed by atoms with E-state index < -0.39 is 12.1 Å². The number of nitrogens with one attached hydrogen (secondary N) is 1. The van der Waals surface area contributed by atoms with E-state index in [9.17, 15) is 9.59 Å². The fourth-order valence-corrected chi connectivity index (χ4v) is 3.97. The predicted molar refractivity (Wildman–Crippen MR) is 125 cm³/mol. The monoisotopic (exact) mass is 445 g/mol. The Balaban J connectivity index is 1.48. The molecule has 2 aromatic carbocycles. The van der Waals surface area contributed by atoms with Gasteiger partial charge in [-0.15, -0.1) is 0 Å². The van der Waals surface area contributed by atoms with Gasteiger partial charge in [-0.05, 0) is 47.9 Å². The number of hydrogen-bond acceptors (Lipinski definition) is 5. The quantitative estimate of drug-likeness (QED) is 0.605. The van der Waals surface area contributed by atoms with Gasteiger partial charge in [-0.3, -0.25) is 14.6 Å². The average molecular weight is 446 g/mol. The number of ether oxygens (including phenoxy) is 2. The van der Waals surface area contributed by atoms with Crippen molar-refractivity contribution in [2.75, 3.05) is 20.2 Å². The molecule has 1 N–H and O–H groups in total. The summed E-state index contributed by atoms with van der Waals surface area (Å²) in [7, 11) is 1.56. The van der Waals surface area contributed by atoms with Crippen molar-refractivity contribution in [1.29, 1.82) is 0 Å². The van der Waals surface area contributed by atoms with Crippen LogP contribution in [0.25, 0.3) is 11.1 Å². The first-order valence-electron chi connectivity index (χ1n) is 10.9. The van der Waals surface area contributed by atoms with Crippen LogP contribution < -0.4 is 14.8 Å². The predicted octanol–water partition coefficient (Wildman–Crippen LogP) is 3.09. The van der Waals surface area contributed by atoms with Crippen molar-refractivity contribution in [3.05, 3.63) is 78.6 Å². The van der Waals surface area contributed by atoms with Gasteiger partial charge in [0.25, 0.3) is 5.91 Å². The van der Waals surface area contributed by atoms with Crippen LogP contribution in [0.4, 0.5) is 0 Å². The van der Waals surface area contributed by atoms with Crippen LogP contribution in [0, 0.1) is 0 Å². The number of carbonyl (C=O) groups is 2. The molecule has 0 radical (unpaired) electrons. The number of amides is 2. The summed E-state index contributed by atoms with van der Waals surface area (Å²) in [5.74, 6) is 0.663. The topological polar surface area (TPSA) is 80.8 Å². The van der Waals surface area contributed by atoms with E-state index in [1.54, 1.807) is 43.5 Å². The Labute approximate surface area is 193 Å². The van der Waals surface area contributed by atoms with Crippen molar-refractivity contribution in [2.24, 2.45) is 0 Å². The van der Waals surface area contributed by atoms with Crippen LogP contribution in [0.2, 0.25) is 0 Å². The average Bonchev–Trinajstić information content (AvgIpc) is 2.86. The van der Waals surface area contributed by atoms with Crippen LogP contribution >= 0.6 is 0 Å². The minimum atomic E-state index is -0.760. The SMILES string of the molecule is COc1ccccc1O[C@H](C)C(=O)N1CCNC(=O)[C@@H]1Cc1ccc(-c2ccncc2)cc1. The third-order valence-corrected chi connectivity index (χ3v) is 5.73. The van der Waals surface area contributed by atoms with Gasteiger partial charge >= 0.3 is 0 Å². The number of nitrogens with zero attached hydrogens (tertiary/aromatic N) is 2. The van der Waals surface area contributed by atoms with Gasteiger partial charge in [-0.2, -0.15) is 0 Å². The van der Waals surface area contributed by atoms with Gasteiger partial charge in [-0.1, -0.05) is 36.4 Å². The lowest BCUT2D eigenvalue weighted by Gasteiger charge is -2.36.